The molecule has 0 aliphatic rings. The molecule has 0 aliphatic carbocycles. The molecule has 0 radical (unpaired) electrons. The molecule has 0 saturated heterocycles. The number of nitrogens with zero attached hydrogens (tertiary/aromatic N) is 4. The molecular formula is C18H22N6OS2. The van der Waals surface area contributed by atoms with Gasteiger partial charge < -0.3 is 10.6 Å². The van der Waals surface area contributed by atoms with Gasteiger partial charge in [-0.3, -0.25) is 9.48 Å². The molecule has 3 rings (SSSR count). The lowest BCUT2D eigenvalue weighted by molar-refractivity contribution is -0.118. The van der Waals surface area contributed by atoms with Gasteiger partial charge in [0, 0.05) is 24.5 Å². The molecule has 0 saturated carbocycles. The summed E-state index contributed by atoms with van der Waals surface area (Å²) in [6.45, 7) is 5.46. The van der Waals surface area contributed by atoms with Gasteiger partial charge >= 0.3 is 0 Å². The number of carbonyl (C=O) groups is 1. The molecule has 2 heterocycles. The molecule has 0 fully saturated rings. The third-order valence-electron chi connectivity index (χ3n) is 3.73. The van der Waals surface area contributed by atoms with E-state index in [9.17, 15) is 4.79 Å². The van der Waals surface area contributed by atoms with Crippen molar-refractivity contribution in [3.8, 4) is 0 Å². The van der Waals surface area contributed by atoms with Gasteiger partial charge in [0.15, 0.2) is 4.34 Å². The number of hydrogen-bond acceptors (Lipinski definition) is 7. The number of benzene rings is 1. The monoisotopic (exact) mass is 402 g/mol. The number of aryl methyl sites for hydroxylation is 3. The Morgan fingerprint density at radius 2 is 2.04 bits per heavy atom. The summed E-state index contributed by atoms with van der Waals surface area (Å²) >= 11 is 2.83. The molecule has 0 aliphatic heterocycles. The lowest BCUT2D eigenvalue weighted by Crippen LogP contribution is -2.27. The molecule has 1 aromatic carbocycles. The molecule has 0 spiro atoms. The van der Waals surface area contributed by atoms with E-state index in [1.807, 2.05) is 48.9 Å². The van der Waals surface area contributed by atoms with E-state index in [4.69, 9.17) is 0 Å². The molecule has 27 heavy (non-hydrogen) atoms. The SMILES string of the molecule is Cc1cc(C)n(CCCNC(=O)CSc2nnc(Nc3ccccc3)s2)n1. The van der Waals surface area contributed by atoms with Crippen LogP contribution in [-0.4, -0.2) is 38.2 Å². The fourth-order valence-corrected chi connectivity index (χ4v) is 4.10. The molecule has 2 N–H and O–H groups in total. The number of anilines is 2. The Hall–Kier alpha value is -2.39. The molecule has 7 nitrogen and oxygen atoms in total. The normalized spacial score (nSPS) is 10.7. The van der Waals surface area contributed by atoms with Gasteiger partial charge in [0.25, 0.3) is 0 Å². The van der Waals surface area contributed by atoms with Crippen LogP contribution in [0.25, 0.3) is 0 Å². The zero-order valence-corrected chi connectivity index (χ0v) is 16.9. The Morgan fingerprint density at radius 3 is 2.78 bits per heavy atom. The van der Waals surface area contributed by atoms with E-state index in [-0.39, 0.29) is 5.91 Å². The average Bonchev–Trinajstić information content (AvgIpc) is 3.23. The van der Waals surface area contributed by atoms with Crippen LogP contribution < -0.4 is 10.6 Å². The zero-order chi connectivity index (χ0) is 19.1. The molecule has 1 amide bonds. The molecule has 0 unspecified atom stereocenters. The van der Waals surface area contributed by atoms with Crippen LogP contribution >= 0.6 is 23.1 Å². The fraction of sp³-hybridized carbons (Fsp3) is 0.333. The number of thioether (sulfide) groups is 1. The fourth-order valence-electron chi connectivity index (χ4n) is 2.50. The van der Waals surface area contributed by atoms with Crippen molar-refractivity contribution in [1.29, 1.82) is 0 Å². The highest BCUT2D eigenvalue weighted by Crippen LogP contribution is 2.27. The largest absolute Gasteiger partial charge is 0.355 e. The molecule has 0 bridgehead atoms. The second-order valence-corrected chi connectivity index (χ2v) is 8.21. The Balaban J connectivity index is 1.35. The van der Waals surface area contributed by atoms with Crippen molar-refractivity contribution in [3.63, 3.8) is 0 Å². The van der Waals surface area contributed by atoms with E-state index < -0.39 is 0 Å². The molecule has 0 atom stereocenters. The van der Waals surface area contributed by atoms with Crippen molar-refractivity contribution in [2.75, 3.05) is 17.6 Å². The Bertz CT molecular complexity index is 877. The first-order chi connectivity index (χ1) is 13.1. The van der Waals surface area contributed by atoms with Crippen molar-refractivity contribution in [2.45, 2.75) is 31.2 Å². The molecule has 3 aromatic rings. The van der Waals surface area contributed by atoms with Gasteiger partial charge in [0.1, 0.15) is 0 Å². The maximum atomic E-state index is 12.0. The predicted octanol–water partition coefficient (Wildman–Crippen LogP) is 3.39. The van der Waals surface area contributed by atoms with Gasteiger partial charge in [-0.15, -0.1) is 10.2 Å². The maximum Gasteiger partial charge on any atom is 0.230 e. The highest BCUT2D eigenvalue weighted by atomic mass is 32.2. The van der Waals surface area contributed by atoms with E-state index in [0.717, 1.165) is 34.4 Å². The summed E-state index contributed by atoms with van der Waals surface area (Å²) in [6.07, 6.45) is 0.850. The van der Waals surface area contributed by atoms with Gasteiger partial charge in [0.05, 0.1) is 11.4 Å². The molecule has 9 heteroatoms. The van der Waals surface area contributed by atoms with E-state index in [2.05, 4.69) is 32.0 Å². The van der Waals surface area contributed by atoms with Crippen LogP contribution in [0.2, 0.25) is 0 Å². The van der Waals surface area contributed by atoms with Crippen LogP contribution in [0.5, 0.6) is 0 Å². The predicted molar refractivity (Wildman–Crippen MR) is 110 cm³/mol. The van der Waals surface area contributed by atoms with Crippen molar-refractivity contribution in [3.05, 3.63) is 47.8 Å². The Labute approximate surface area is 166 Å². The van der Waals surface area contributed by atoms with Gasteiger partial charge in [-0.1, -0.05) is 41.3 Å². The minimum atomic E-state index is 0.00105. The van der Waals surface area contributed by atoms with E-state index in [1.165, 1.54) is 23.1 Å². The summed E-state index contributed by atoms with van der Waals surface area (Å²) in [5, 5.41) is 19.5. The summed E-state index contributed by atoms with van der Waals surface area (Å²) in [5.41, 5.74) is 3.13. The quantitative estimate of drug-likeness (QED) is 0.422. The van der Waals surface area contributed by atoms with Crippen molar-refractivity contribution in [2.24, 2.45) is 0 Å². The molecule has 142 valence electrons. The zero-order valence-electron chi connectivity index (χ0n) is 15.3. The summed E-state index contributed by atoms with van der Waals surface area (Å²) < 4.78 is 2.74. The van der Waals surface area contributed by atoms with Crippen LogP contribution in [0.1, 0.15) is 17.8 Å². The third kappa shape index (κ3) is 6.07. The van der Waals surface area contributed by atoms with Crippen LogP contribution in [0.3, 0.4) is 0 Å². The third-order valence-corrected chi connectivity index (χ3v) is 5.70. The van der Waals surface area contributed by atoms with Crippen molar-refractivity contribution >= 4 is 39.8 Å². The minimum Gasteiger partial charge on any atom is -0.355 e. The lowest BCUT2D eigenvalue weighted by atomic mass is 10.3. The number of aromatic nitrogens is 4. The van der Waals surface area contributed by atoms with Crippen molar-refractivity contribution < 1.29 is 4.79 Å². The smallest absolute Gasteiger partial charge is 0.230 e. The Kier molecular flexibility index (Phi) is 6.83. The second-order valence-electron chi connectivity index (χ2n) is 6.01. The molecular weight excluding hydrogens is 380 g/mol. The number of para-hydroxylation sites is 1. The first-order valence-corrected chi connectivity index (χ1v) is 10.5. The van der Waals surface area contributed by atoms with Crippen LogP contribution in [-0.2, 0) is 11.3 Å². The number of carbonyl (C=O) groups excluding carboxylic acids is 1. The minimum absolute atomic E-state index is 0.00105. The highest BCUT2D eigenvalue weighted by molar-refractivity contribution is 8.01. The van der Waals surface area contributed by atoms with Crippen LogP contribution in [0.4, 0.5) is 10.8 Å². The van der Waals surface area contributed by atoms with Gasteiger partial charge in [0.2, 0.25) is 11.0 Å². The van der Waals surface area contributed by atoms with Gasteiger partial charge in [-0.2, -0.15) is 5.10 Å². The van der Waals surface area contributed by atoms with Crippen LogP contribution in [0.15, 0.2) is 40.7 Å². The number of rotatable bonds is 9. The highest BCUT2D eigenvalue weighted by Gasteiger charge is 2.08. The van der Waals surface area contributed by atoms with E-state index in [0.29, 0.717) is 17.4 Å². The van der Waals surface area contributed by atoms with Crippen LogP contribution in [0, 0.1) is 13.8 Å². The lowest BCUT2D eigenvalue weighted by Gasteiger charge is -2.06. The Morgan fingerprint density at radius 1 is 1.22 bits per heavy atom. The summed E-state index contributed by atoms with van der Waals surface area (Å²) in [5.74, 6) is 0.334. The molecule has 2 aromatic heterocycles. The average molecular weight is 403 g/mol. The van der Waals surface area contributed by atoms with Crippen molar-refractivity contribution in [1.82, 2.24) is 25.3 Å². The maximum absolute atomic E-state index is 12.0. The topological polar surface area (TPSA) is 84.7 Å². The summed E-state index contributed by atoms with van der Waals surface area (Å²) in [7, 11) is 0. The number of amides is 1. The number of nitrogens with one attached hydrogen (secondary N) is 2. The first kappa shape index (κ1) is 19.4. The summed E-state index contributed by atoms with van der Waals surface area (Å²) in [6, 6.07) is 11.9. The van der Waals surface area contributed by atoms with Gasteiger partial charge in [-0.05, 0) is 38.5 Å². The first-order valence-electron chi connectivity index (χ1n) is 8.66. The van der Waals surface area contributed by atoms with E-state index >= 15 is 0 Å². The number of hydrogen-bond donors (Lipinski definition) is 2. The second kappa shape index (κ2) is 9.52. The van der Waals surface area contributed by atoms with Gasteiger partial charge in [-0.25, -0.2) is 0 Å². The standard InChI is InChI=1S/C18H22N6OS2/c1-13-11-14(2)24(23-13)10-6-9-19-16(25)12-26-18-22-21-17(27-18)20-15-7-4-3-5-8-15/h3-5,7-8,11H,6,9-10,12H2,1-2H3,(H,19,25)(H,20,21). The summed E-state index contributed by atoms with van der Waals surface area (Å²) in [4.78, 5) is 12.0. The van der Waals surface area contributed by atoms with E-state index in [1.54, 1.807) is 0 Å².